The molecule has 1 aromatic heterocycles. The van der Waals surface area contributed by atoms with Crippen molar-refractivity contribution >= 4 is 17.8 Å². The molecule has 0 aromatic carbocycles. The Balaban J connectivity index is 1.59. The standard InChI is InChI=1S/C20H29N5O2/c1-23(2)18(27)20-7-3-10-24(17(26)11-15-5-6-15)12-16(20)13-25(14-20)19-21-8-4-9-22-19/h4,8-9,15-16H,3,5-7,10-14H2,1-2H3/t16-,20-/m0/s1. The second-order valence-corrected chi connectivity index (χ2v) is 8.57. The van der Waals surface area contributed by atoms with Crippen LogP contribution in [0.4, 0.5) is 5.95 Å². The van der Waals surface area contributed by atoms with Crippen LogP contribution in [0.15, 0.2) is 18.5 Å². The number of hydrogen-bond donors (Lipinski definition) is 0. The molecule has 0 spiro atoms. The van der Waals surface area contributed by atoms with Crippen LogP contribution in [0.5, 0.6) is 0 Å². The van der Waals surface area contributed by atoms with E-state index in [9.17, 15) is 9.59 Å². The molecular weight excluding hydrogens is 342 g/mol. The highest BCUT2D eigenvalue weighted by Crippen LogP contribution is 2.45. The average Bonchev–Trinajstić information content (AvgIpc) is 3.44. The van der Waals surface area contributed by atoms with Gasteiger partial charge in [-0.05, 0) is 37.7 Å². The van der Waals surface area contributed by atoms with E-state index in [1.807, 2.05) is 19.0 Å². The van der Waals surface area contributed by atoms with Crippen molar-refractivity contribution < 1.29 is 9.59 Å². The van der Waals surface area contributed by atoms with Gasteiger partial charge in [0.2, 0.25) is 17.8 Å². The molecule has 0 unspecified atom stereocenters. The Hall–Kier alpha value is -2.18. The summed E-state index contributed by atoms with van der Waals surface area (Å²) in [6.45, 7) is 2.78. The molecule has 2 aliphatic heterocycles. The number of fused-ring (bicyclic) bond motifs is 1. The minimum atomic E-state index is -0.461. The maximum atomic E-state index is 13.3. The van der Waals surface area contributed by atoms with Crippen LogP contribution in [0.1, 0.15) is 32.1 Å². The summed E-state index contributed by atoms with van der Waals surface area (Å²) < 4.78 is 0. The summed E-state index contributed by atoms with van der Waals surface area (Å²) in [5, 5.41) is 0. The van der Waals surface area contributed by atoms with Crippen molar-refractivity contribution in [2.45, 2.75) is 32.1 Å². The van der Waals surface area contributed by atoms with Gasteiger partial charge in [-0.3, -0.25) is 9.59 Å². The average molecular weight is 371 g/mol. The van der Waals surface area contributed by atoms with Crippen LogP contribution in [-0.2, 0) is 9.59 Å². The van der Waals surface area contributed by atoms with Gasteiger partial charge in [-0.1, -0.05) is 0 Å². The monoisotopic (exact) mass is 371 g/mol. The molecule has 3 heterocycles. The summed E-state index contributed by atoms with van der Waals surface area (Å²) in [5.74, 6) is 1.81. The minimum Gasteiger partial charge on any atom is -0.348 e. The van der Waals surface area contributed by atoms with Gasteiger partial charge in [0.25, 0.3) is 0 Å². The zero-order valence-corrected chi connectivity index (χ0v) is 16.3. The second-order valence-electron chi connectivity index (χ2n) is 8.57. The molecule has 27 heavy (non-hydrogen) atoms. The lowest BCUT2D eigenvalue weighted by atomic mass is 9.74. The zero-order chi connectivity index (χ0) is 19.0. The lowest BCUT2D eigenvalue weighted by molar-refractivity contribution is -0.142. The van der Waals surface area contributed by atoms with Gasteiger partial charge < -0.3 is 14.7 Å². The summed E-state index contributed by atoms with van der Waals surface area (Å²) in [5.41, 5.74) is -0.461. The van der Waals surface area contributed by atoms with Crippen molar-refractivity contribution in [3.63, 3.8) is 0 Å². The first-order valence-corrected chi connectivity index (χ1v) is 10.0. The summed E-state index contributed by atoms with van der Waals surface area (Å²) in [7, 11) is 3.66. The topological polar surface area (TPSA) is 69.6 Å². The van der Waals surface area contributed by atoms with Gasteiger partial charge in [0.1, 0.15) is 0 Å². The molecule has 1 saturated carbocycles. The third-order valence-corrected chi connectivity index (χ3v) is 6.37. The number of carbonyl (C=O) groups is 2. The van der Waals surface area contributed by atoms with Crippen LogP contribution < -0.4 is 4.90 Å². The summed E-state index contributed by atoms with van der Waals surface area (Å²) >= 11 is 0. The van der Waals surface area contributed by atoms with E-state index in [-0.39, 0.29) is 17.7 Å². The Morgan fingerprint density at radius 2 is 1.96 bits per heavy atom. The molecule has 3 aliphatic rings. The first-order chi connectivity index (χ1) is 13.0. The third-order valence-electron chi connectivity index (χ3n) is 6.37. The van der Waals surface area contributed by atoms with Gasteiger partial charge in [-0.15, -0.1) is 0 Å². The maximum absolute atomic E-state index is 13.3. The van der Waals surface area contributed by atoms with E-state index in [4.69, 9.17) is 0 Å². The molecule has 2 atom stereocenters. The van der Waals surface area contributed by atoms with E-state index in [2.05, 4.69) is 14.9 Å². The van der Waals surface area contributed by atoms with Crippen molar-refractivity contribution in [1.82, 2.24) is 19.8 Å². The third kappa shape index (κ3) is 3.51. The van der Waals surface area contributed by atoms with Crippen LogP contribution in [0.3, 0.4) is 0 Å². The normalized spacial score (nSPS) is 27.9. The van der Waals surface area contributed by atoms with Gasteiger partial charge in [0.05, 0.1) is 5.41 Å². The summed E-state index contributed by atoms with van der Waals surface area (Å²) in [6, 6.07) is 1.80. The smallest absolute Gasteiger partial charge is 0.230 e. The molecule has 0 radical (unpaired) electrons. The van der Waals surface area contributed by atoms with Crippen molar-refractivity contribution in [3.05, 3.63) is 18.5 Å². The van der Waals surface area contributed by atoms with Crippen molar-refractivity contribution in [2.75, 3.05) is 45.2 Å². The van der Waals surface area contributed by atoms with Crippen molar-refractivity contribution in [2.24, 2.45) is 17.3 Å². The van der Waals surface area contributed by atoms with Crippen LogP contribution in [0, 0.1) is 17.3 Å². The Morgan fingerprint density at radius 3 is 2.63 bits per heavy atom. The molecule has 2 saturated heterocycles. The van der Waals surface area contributed by atoms with E-state index in [0.29, 0.717) is 31.4 Å². The number of likely N-dealkylation sites (tertiary alicyclic amines) is 1. The molecule has 7 nitrogen and oxygen atoms in total. The van der Waals surface area contributed by atoms with E-state index in [1.165, 1.54) is 12.8 Å². The Bertz CT molecular complexity index is 706. The molecular formula is C20H29N5O2. The molecule has 2 amide bonds. The Kier molecular flexibility index (Phi) is 4.78. The molecule has 0 bridgehead atoms. The molecule has 4 rings (SSSR count). The predicted octanol–water partition coefficient (Wildman–Crippen LogP) is 1.41. The van der Waals surface area contributed by atoms with Crippen molar-refractivity contribution in [1.29, 1.82) is 0 Å². The minimum absolute atomic E-state index is 0.113. The number of hydrogen-bond acceptors (Lipinski definition) is 5. The zero-order valence-electron chi connectivity index (χ0n) is 16.3. The van der Waals surface area contributed by atoms with Crippen LogP contribution >= 0.6 is 0 Å². The fourth-order valence-electron chi connectivity index (χ4n) is 4.76. The highest BCUT2D eigenvalue weighted by molar-refractivity contribution is 5.85. The number of anilines is 1. The molecule has 1 aliphatic carbocycles. The van der Waals surface area contributed by atoms with Gasteiger partial charge in [0, 0.05) is 65.0 Å². The predicted molar refractivity (Wildman–Crippen MR) is 102 cm³/mol. The number of rotatable bonds is 4. The molecule has 3 fully saturated rings. The van der Waals surface area contributed by atoms with E-state index < -0.39 is 5.41 Å². The SMILES string of the molecule is CN(C)C(=O)[C@]12CCCN(C(=O)CC3CC3)C[C@H]1CN(c1ncccn1)C2. The maximum Gasteiger partial charge on any atom is 0.230 e. The van der Waals surface area contributed by atoms with E-state index in [1.54, 1.807) is 23.4 Å². The number of nitrogens with zero attached hydrogens (tertiary/aromatic N) is 5. The molecule has 146 valence electrons. The van der Waals surface area contributed by atoms with Crippen LogP contribution in [-0.4, -0.2) is 71.9 Å². The largest absolute Gasteiger partial charge is 0.348 e. The molecule has 0 N–H and O–H groups in total. The number of amides is 2. The summed E-state index contributed by atoms with van der Waals surface area (Å²) in [6.07, 6.45) is 8.20. The fraction of sp³-hybridized carbons (Fsp3) is 0.700. The number of carbonyl (C=O) groups excluding carboxylic acids is 2. The van der Waals surface area contributed by atoms with Gasteiger partial charge in [-0.2, -0.15) is 0 Å². The highest BCUT2D eigenvalue weighted by Gasteiger charge is 2.54. The number of aromatic nitrogens is 2. The first kappa shape index (κ1) is 18.2. The van der Waals surface area contributed by atoms with Crippen LogP contribution in [0.25, 0.3) is 0 Å². The van der Waals surface area contributed by atoms with Gasteiger partial charge in [-0.25, -0.2) is 9.97 Å². The first-order valence-electron chi connectivity index (χ1n) is 10.0. The Morgan fingerprint density at radius 1 is 1.22 bits per heavy atom. The van der Waals surface area contributed by atoms with Crippen LogP contribution in [0.2, 0.25) is 0 Å². The summed E-state index contributed by atoms with van der Waals surface area (Å²) in [4.78, 5) is 40.6. The van der Waals surface area contributed by atoms with Crippen molar-refractivity contribution in [3.8, 4) is 0 Å². The lowest BCUT2D eigenvalue weighted by Crippen LogP contribution is -2.47. The fourth-order valence-corrected chi connectivity index (χ4v) is 4.76. The van der Waals surface area contributed by atoms with Gasteiger partial charge >= 0.3 is 0 Å². The van der Waals surface area contributed by atoms with E-state index >= 15 is 0 Å². The second kappa shape index (κ2) is 7.09. The quantitative estimate of drug-likeness (QED) is 0.800. The highest BCUT2D eigenvalue weighted by atomic mass is 16.2. The van der Waals surface area contributed by atoms with E-state index in [0.717, 1.165) is 25.9 Å². The molecule has 1 aromatic rings. The Labute approximate surface area is 160 Å². The van der Waals surface area contributed by atoms with Gasteiger partial charge in [0.15, 0.2) is 0 Å². The molecule has 7 heteroatoms. The lowest BCUT2D eigenvalue weighted by Gasteiger charge is -2.34.